The average molecular weight is 386 g/mol. The first-order valence-electron chi connectivity index (χ1n) is 8.77. The summed E-state index contributed by atoms with van der Waals surface area (Å²) in [7, 11) is -1.27. The Morgan fingerprint density at radius 2 is 1.74 bits per heavy atom. The monoisotopic (exact) mass is 386 g/mol. The third kappa shape index (κ3) is 3.29. The molecule has 0 atom stereocenters. The number of hydrogen-bond donors (Lipinski definition) is 2. The standard InChI is InChI=1S/C20H22N2O4S/c1-26-16-7-5-15(6-8-16)21-10-12-22(13-11-21)20(23)18-3-2-4-19-17(18)9-14-27(19,24)25/h2-9,14,24-25H,10-13H2,1H3. The third-order valence-corrected chi connectivity index (χ3v) is 6.57. The zero-order valence-corrected chi connectivity index (χ0v) is 15.9. The zero-order valence-electron chi connectivity index (χ0n) is 15.0. The molecule has 0 aromatic heterocycles. The summed E-state index contributed by atoms with van der Waals surface area (Å²) in [6.45, 7) is 2.74. The lowest BCUT2D eigenvalue weighted by Gasteiger charge is -2.36. The molecule has 2 aromatic rings. The largest absolute Gasteiger partial charge is 0.497 e. The number of amides is 1. The Bertz CT molecular complexity index is 887. The summed E-state index contributed by atoms with van der Waals surface area (Å²) in [4.78, 5) is 17.5. The average Bonchev–Trinajstić information content (AvgIpc) is 3.03. The van der Waals surface area contributed by atoms with Crippen LogP contribution in [-0.2, 0) is 0 Å². The van der Waals surface area contributed by atoms with Gasteiger partial charge in [-0.3, -0.25) is 13.9 Å². The van der Waals surface area contributed by atoms with E-state index >= 15 is 0 Å². The molecule has 6 nitrogen and oxygen atoms in total. The van der Waals surface area contributed by atoms with E-state index in [0.717, 1.165) is 24.5 Å². The van der Waals surface area contributed by atoms with Crippen LogP contribution < -0.4 is 9.64 Å². The van der Waals surface area contributed by atoms with Crippen LogP contribution in [0.25, 0.3) is 6.08 Å². The van der Waals surface area contributed by atoms with Crippen molar-refractivity contribution in [3.05, 3.63) is 59.0 Å². The molecule has 0 aliphatic carbocycles. The van der Waals surface area contributed by atoms with Gasteiger partial charge in [0.25, 0.3) is 5.91 Å². The highest BCUT2D eigenvalue weighted by molar-refractivity contribution is 8.27. The summed E-state index contributed by atoms with van der Waals surface area (Å²) in [6, 6.07) is 13.0. The molecule has 2 N–H and O–H groups in total. The minimum Gasteiger partial charge on any atom is -0.497 e. The quantitative estimate of drug-likeness (QED) is 0.840. The highest BCUT2D eigenvalue weighted by Crippen LogP contribution is 2.56. The lowest BCUT2D eigenvalue weighted by molar-refractivity contribution is 0.0746. The molecule has 2 aromatic carbocycles. The molecule has 2 aliphatic rings. The number of nitrogens with zero attached hydrogens (tertiary/aromatic N) is 2. The van der Waals surface area contributed by atoms with Gasteiger partial charge in [-0.15, -0.1) is 10.6 Å². The Balaban J connectivity index is 1.47. The Morgan fingerprint density at radius 3 is 2.41 bits per heavy atom. The highest BCUT2D eigenvalue weighted by atomic mass is 32.3. The number of hydrogen-bond acceptors (Lipinski definition) is 5. The maximum Gasteiger partial charge on any atom is 0.254 e. The van der Waals surface area contributed by atoms with Crippen LogP contribution in [0.15, 0.2) is 52.8 Å². The summed E-state index contributed by atoms with van der Waals surface area (Å²) in [5, 5.41) is 1.38. The number of benzene rings is 2. The first-order chi connectivity index (χ1) is 13.0. The molecule has 1 saturated heterocycles. The molecule has 2 heterocycles. The van der Waals surface area contributed by atoms with Crippen molar-refractivity contribution in [2.45, 2.75) is 4.90 Å². The molecule has 0 bridgehead atoms. The first-order valence-corrected chi connectivity index (χ1v) is 10.4. The molecule has 4 rings (SSSR count). The maximum absolute atomic E-state index is 13.0. The zero-order chi connectivity index (χ0) is 19.0. The van der Waals surface area contributed by atoms with E-state index in [-0.39, 0.29) is 5.91 Å². The van der Waals surface area contributed by atoms with Crippen LogP contribution in [0.4, 0.5) is 5.69 Å². The number of carbonyl (C=O) groups is 1. The number of fused-ring (bicyclic) bond motifs is 1. The van der Waals surface area contributed by atoms with Crippen LogP contribution >= 0.6 is 10.6 Å². The Hall–Kier alpha value is -2.48. The van der Waals surface area contributed by atoms with E-state index in [2.05, 4.69) is 4.90 Å². The summed E-state index contributed by atoms with van der Waals surface area (Å²) >= 11 is 0. The van der Waals surface area contributed by atoms with Crippen LogP contribution in [0.5, 0.6) is 5.75 Å². The van der Waals surface area contributed by atoms with Crippen molar-refractivity contribution in [2.75, 3.05) is 38.2 Å². The molecule has 0 saturated carbocycles. The van der Waals surface area contributed by atoms with Crippen molar-refractivity contribution in [1.29, 1.82) is 0 Å². The summed E-state index contributed by atoms with van der Waals surface area (Å²) < 4.78 is 25.3. The number of methoxy groups -OCH3 is 1. The third-order valence-electron chi connectivity index (χ3n) is 5.05. The van der Waals surface area contributed by atoms with Crippen molar-refractivity contribution in [3.8, 4) is 5.75 Å². The second kappa shape index (κ2) is 6.92. The van der Waals surface area contributed by atoms with Crippen LogP contribution in [0.2, 0.25) is 0 Å². The molecule has 1 amide bonds. The second-order valence-corrected chi connectivity index (χ2v) is 8.49. The van der Waals surface area contributed by atoms with Gasteiger partial charge in [-0.25, -0.2) is 0 Å². The van der Waals surface area contributed by atoms with E-state index in [1.807, 2.05) is 29.2 Å². The van der Waals surface area contributed by atoms with E-state index in [1.165, 1.54) is 5.41 Å². The normalized spacial score (nSPS) is 18.9. The lowest BCUT2D eigenvalue weighted by Crippen LogP contribution is -2.48. The molecule has 2 aliphatic heterocycles. The second-order valence-electron chi connectivity index (χ2n) is 6.59. The van der Waals surface area contributed by atoms with Gasteiger partial charge in [0.2, 0.25) is 0 Å². The van der Waals surface area contributed by atoms with Gasteiger partial charge in [-0.05, 0) is 42.5 Å². The molecule has 0 spiro atoms. The smallest absolute Gasteiger partial charge is 0.254 e. The van der Waals surface area contributed by atoms with Crippen molar-refractivity contribution >= 4 is 28.3 Å². The predicted molar refractivity (Wildman–Crippen MR) is 108 cm³/mol. The number of anilines is 1. The molecule has 0 unspecified atom stereocenters. The van der Waals surface area contributed by atoms with Crippen LogP contribution in [-0.4, -0.2) is 53.2 Å². The van der Waals surface area contributed by atoms with Gasteiger partial charge in [0.05, 0.1) is 12.0 Å². The number of rotatable bonds is 3. The Kier molecular flexibility index (Phi) is 4.59. The van der Waals surface area contributed by atoms with E-state index in [4.69, 9.17) is 4.74 Å². The first kappa shape index (κ1) is 17.9. The fourth-order valence-electron chi connectivity index (χ4n) is 3.53. The van der Waals surface area contributed by atoms with Crippen LogP contribution in [0.3, 0.4) is 0 Å². The van der Waals surface area contributed by atoms with Crippen LogP contribution in [0.1, 0.15) is 15.9 Å². The van der Waals surface area contributed by atoms with E-state index in [9.17, 15) is 13.9 Å². The van der Waals surface area contributed by atoms with Gasteiger partial charge in [-0.2, -0.15) is 0 Å². The minimum atomic E-state index is -2.91. The van der Waals surface area contributed by atoms with E-state index in [0.29, 0.717) is 29.1 Å². The van der Waals surface area contributed by atoms with Gasteiger partial charge >= 0.3 is 0 Å². The molecule has 0 radical (unpaired) electrons. The highest BCUT2D eigenvalue weighted by Gasteiger charge is 2.29. The van der Waals surface area contributed by atoms with Crippen LogP contribution in [0, 0.1) is 0 Å². The van der Waals surface area contributed by atoms with Crippen molar-refractivity contribution < 1.29 is 18.6 Å². The van der Waals surface area contributed by atoms with Gasteiger partial charge in [0, 0.05) is 48.4 Å². The van der Waals surface area contributed by atoms with Gasteiger partial charge in [0.15, 0.2) is 0 Å². The molecule has 1 fully saturated rings. The van der Waals surface area contributed by atoms with E-state index in [1.54, 1.807) is 31.4 Å². The van der Waals surface area contributed by atoms with Gasteiger partial charge in [-0.1, -0.05) is 6.07 Å². The van der Waals surface area contributed by atoms with Crippen molar-refractivity contribution in [3.63, 3.8) is 0 Å². The van der Waals surface area contributed by atoms with E-state index < -0.39 is 10.6 Å². The molecule has 7 heteroatoms. The minimum absolute atomic E-state index is 0.0667. The van der Waals surface area contributed by atoms with Gasteiger partial charge < -0.3 is 14.5 Å². The topological polar surface area (TPSA) is 73.2 Å². The van der Waals surface area contributed by atoms with Crippen molar-refractivity contribution in [1.82, 2.24) is 4.90 Å². The fourth-order valence-corrected chi connectivity index (χ4v) is 4.78. The number of ether oxygens (including phenoxy) is 1. The number of carbonyl (C=O) groups excluding carboxylic acids is 1. The molecular formula is C20H22N2O4S. The number of piperazine rings is 1. The van der Waals surface area contributed by atoms with Crippen molar-refractivity contribution in [2.24, 2.45) is 0 Å². The molecule has 27 heavy (non-hydrogen) atoms. The summed E-state index contributed by atoms with van der Waals surface area (Å²) in [6.07, 6.45) is 1.64. The fraction of sp³-hybridized carbons (Fsp3) is 0.250. The SMILES string of the molecule is COc1ccc(N2CCN(C(=O)c3cccc4c3C=CS4(O)O)CC2)cc1. The maximum atomic E-state index is 13.0. The Morgan fingerprint density at radius 1 is 1.04 bits per heavy atom. The molecule has 142 valence electrons. The lowest BCUT2D eigenvalue weighted by atomic mass is 10.1. The molecular weight excluding hydrogens is 364 g/mol. The summed E-state index contributed by atoms with van der Waals surface area (Å²) in [5.41, 5.74) is 2.26. The van der Waals surface area contributed by atoms with Gasteiger partial charge in [0.1, 0.15) is 5.75 Å². The Labute approximate surface area is 160 Å². The predicted octanol–water partition coefficient (Wildman–Crippen LogP) is 3.75. The summed E-state index contributed by atoms with van der Waals surface area (Å²) in [5.74, 6) is 0.757.